The van der Waals surface area contributed by atoms with Crippen LogP contribution in [-0.2, 0) is 23.8 Å². The number of nitrogens with one attached hydrogen (secondary N) is 4. The average Bonchev–Trinajstić information content (AvgIpc) is 4.10. The van der Waals surface area contributed by atoms with Gasteiger partial charge in [-0.05, 0) is 67.3 Å². The van der Waals surface area contributed by atoms with Gasteiger partial charge in [0, 0.05) is 37.3 Å². The topological polar surface area (TPSA) is 197 Å². The lowest BCUT2D eigenvalue weighted by molar-refractivity contribution is -0.137. The Balaban J connectivity index is 1.02. The van der Waals surface area contributed by atoms with E-state index in [1.165, 1.54) is 21.3 Å². The number of carbonyl (C=O) groups is 4. The molecular weight excluding hydrogens is 755 g/mol. The first-order valence-corrected chi connectivity index (χ1v) is 19.9. The van der Waals surface area contributed by atoms with Crippen molar-refractivity contribution >= 4 is 34.9 Å². The number of H-pyrrole nitrogens is 2. The number of benzene rings is 2. The van der Waals surface area contributed by atoms with Crippen LogP contribution in [-0.4, -0.2) is 111 Å². The van der Waals surface area contributed by atoms with Crippen LogP contribution in [0.4, 0.5) is 9.59 Å². The Morgan fingerprint density at radius 1 is 0.661 bits per heavy atom. The number of fused-ring (bicyclic) bond motifs is 1. The van der Waals surface area contributed by atoms with Crippen molar-refractivity contribution in [3.8, 4) is 33.6 Å². The molecule has 310 valence electrons. The zero-order valence-corrected chi connectivity index (χ0v) is 34.2. The standard InChI is InChI=1S/C43H51N9O7/c1-24(2)36(49-42(55)58-5)40(53)51-17-7-9-34(51)39-46-23-33(48-39)30-19-29-16-15-28(20-31(29)44-21-30)26-11-13-27(14-12-26)32-22-45-38(47-32)35-10-8-18-52(35)41(54)37(25(3)57-4)50-43(56)59-6/h11-16,19-25,34-37H,7-10,17-18H2,1-6H3,(H,45,47)(H,46,48)(H,49,55)(H,50,56). The Kier molecular flexibility index (Phi) is 12.3. The largest absolute Gasteiger partial charge is 0.453 e. The molecule has 3 aromatic heterocycles. The van der Waals surface area contributed by atoms with Crippen LogP contribution in [0.2, 0.25) is 0 Å². The SMILES string of the molecule is COC(=O)NC(C(=O)N1CCCC1c1ncc(-c2cnc3cc(-c4ccc(-c5cnc(C6CCCN6C(=O)C(NC(=O)OC)C(C)OC)[nH]5)cc4)ccc3c2)[nH]1)C(C)C. The highest BCUT2D eigenvalue weighted by atomic mass is 16.5. The Labute approximate surface area is 342 Å². The van der Waals surface area contributed by atoms with Crippen LogP contribution in [0.1, 0.15) is 70.2 Å². The molecule has 2 aromatic carbocycles. The van der Waals surface area contributed by atoms with E-state index < -0.39 is 30.4 Å². The molecule has 16 nitrogen and oxygen atoms in total. The normalized spacial score (nSPS) is 18.2. The number of nitrogens with zero attached hydrogens (tertiary/aromatic N) is 5. The van der Waals surface area contributed by atoms with E-state index in [9.17, 15) is 19.2 Å². The first-order valence-electron chi connectivity index (χ1n) is 19.9. The minimum absolute atomic E-state index is 0.116. The fourth-order valence-electron chi connectivity index (χ4n) is 7.98. The molecule has 5 aromatic rings. The molecule has 5 heterocycles. The Morgan fingerprint density at radius 3 is 1.75 bits per heavy atom. The van der Waals surface area contributed by atoms with Gasteiger partial charge in [-0.3, -0.25) is 14.6 Å². The zero-order valence-electron chi connectivity index (χ0n) is 34.2. The highest BCUT2D eigenvalue weighted by molar-refractivity contribution is 5.89. The summed E-state index contributed by atoms with van der Waals surface area (Å²) in [5, 5.41) is 6.29. The molecule has 0 aliphatic carbocycles. The lowest BCUT2D eigenvalue weighted by Gasteiger charge is -2.30. The Hall–Kier alpha value is -6.29. The van der Waals surface area contributed by atoms with Gasteiger partial charge in [-0.1, -0.05) is 50.2 Å². The molecular formula is C43H51N9O7. The number of likely N-dealkylation sites (tertiary alicyclic amines) is 2. The van der Waals surface area contributed by atoms with E-state index in [1.54, 1.807) is 29.1 Å². The molecule has 5 atom stereocenters. The summed E-state index contributed by atoms with van der Waals surface area (Å²) in [6, 6.07) is 14.4. The van der Waals surface area contributed by atoms with Gasteiger partial charge in [0.15, 0.2) is 0 Å². The summed E-state index contributed by atoms with van der Waals surface area (Å²) in [6.45, 7) is 6.64. The number of pyridine rings is 1. The third-order valence-corrected chi connectivity index (χ3v) is 11.4. The molecule has 4 amide bonds. The van der Waals surface area contributed by atoms with Crippen LogP contribution in [0.25, 0.3) is 44.5 Å². The van der Waals surface area contributed by atoms with Crippen LogP contribution in [0.15, 0.2) is 67.1 Å². The molecule has 2 aliphatic rings. The van der Waals surface area contributed by atoms with E-state index in [0.717, 1.165) is 70.2 Å². The number of carbonyl (C=O) groups excluding carboxylic acids is 4. The van der Waals surface area contributed by atoms with E-state index in [-0.39, 0.29) is 29.8 Å². The molecule has 59 heavy (non-hydrogen) atoms. The summed E-state index contributed by atoms with van der Waals surface area (Å²) in [5.74, 6) is 0.862. The summed E-state index contributed by atoms with van der Waals surface area (Å²) in [5.41, 5.74) is 6.36. The molecule has 16 heteroatoms. The second kappa shape index (κ2) is 17.7. The number of aromatic nitrogens is 5. The number of methoxy groups -OCH3 is 3. The van der Waals surface area contributed by atoms with Crippen molar-refractivity contribution in [1.82, 2.24) is 45.4 Å². The van der Waals surface area contributed by atoms with Gasteiger partial charge in [0.05, 0.1) is 61.7 Å². The number of imidazole rings is 2. The molecule has 7 rings (SSSR count). The quantitative estimate of drug-likeness (QED) is 0.114. The highest BCUT2D eigenvalue weighted by Crippen LogP contribution is 2.35. The molecule has 0 radical (unpaired) electrons. The predicted molar refractivity (Wildman–Crippen MR) is 220 cm³/mol. The third kappa shape index (κ3) is 8.63. The molecule has 2 fully saturated rings. The number of rotatable bonds is 12. The van der Waals surface area contributed by atoms with Crippen molar-refractivity contribution in [1.29, 1.82) is 0 Å². The van der Waals surface area contributed by atoms with Crippen molar-refractivity contribution in [3.05, 3.63) is 78.8 Å². The van der Waals surface area contributed by atoms with Crippen LogP contribution in [0, 0.1) is 5.92 Å². The van der Waals surface area contributed by atoms with Crippen molar-refractivity contribution < 1.29 is 33.4 Å². The summed E-state index contributed by atoms with van der Waals surface area (Å²) >= 11 is 0. The molecule has 0 spiro atoms. The third-order valence-electron chi connectivity index (χ3n) is 11.4. The number of amides is 4. The molecule has 0 bridgehead atoms. The van der Waals surface area contributed by atoms with Crippen molar-refractivity contribution in [2.45, 2.75) is 76.7 Å². The number of hydrogen-bond donors (Lipinski definition) is 4. The molecule has 2 saturated heterocycles. The van der Waals surface area contributed by atoms with Gasteiger partial charge >= 0.3 is 12.2 Å². The minimum atomic E-state index is -0.900. The summed E-state index contributed by atoms with van der Waals surface area (Å²) in [6.07, 6.45) is 6.64. The van der Waals surface area contributed by atoms with Crippen LogP contribution < -0.4 is 10.6 Å². The first-order chi connectivity index (χ1) is 28.5. The lowest BCUT2D eigenvalue weighted by atomic mass is 10.0. The summed E-state index contributed by atoms with van der Waals surface area (Å²) in [7, 11) is 4.04. The van der Waals surface area contributed by atoms with Gasteiger partial charge in [0.2, 0.25) is 11.8 Å². The molecule has 0 saturated carbocycles. The number of ether oxygens (including phenoxy) is 3. The zero-order chi connectivity index (χ0) is 41.8. The maximum atomic E-state index is 13.6. The average molecular weight is 806 g/mol. The fraction of sp³-hybridized carbons (Fsp3) is 0.419. The maximum absolute atomic E-state index is 13.6. The van der Waals surface area contributed by atoms with E-state index in [1.807, 2.05) is 32.2 Å². The van der Waals surface area contributed by atoms with Crippen LogP contribution in [0.3, 0.4) is 0 Å². The maximum Gasteiger partial charge on any atom is 0.407 e. The summed E-state index contributed by atoms with van der Waals surface area (Å²) in [4.78, 5) is 75.7. The van der Waals surface area contributed by atoms with Crippen molar-refractivity contribution in [3.63, 3.8) is 0 Å². The summed E-state index contributed by atoms with van der Waals surface area (Å²) < 4.78 is 14.9. The van der Waals surface area contributed by atoms with Gasteiger partial charge < -0.3 is 44.6 Å². The van der Waals surface area contributed by atoms with E-state index in [2.05, 4.69) is 67.0 Å². The molecule has 5 unspecified atom stereocenters. The lowest BCUT2D eigenvalue weighted by Crippen LogP contribution is -2.54. The number of aromatic amines is 2. The second-order valence-electron chi connectivity index (χ2n) is 15.4. The molecule has 2 aliphatic heterocycles. The minimum Gasteiger partial charge on any atom is -0.453 e. The van der Waals surface area contributed by atoms with Gasteiger partial charge in [-0.15, -0.1) is 0 Å². The molecule has 4 N–H and O–H groups in total. The second-order valence-corrected chi connectivity index (χ2v) is 15.4. The van der Waals surface area contributed by atoms with Gasteiger partial charge in [-0.2, -0.15) is 0 Å². The van der Waals surface area contributed by atoms with E-state index in [4.69, 9.17) is 19.2 Å². The van der Waals surface area contributed by atoms with Gasteiger partial charge in [0.25, 0.3) is 0 Å². The predicted octanol–water partition coefficient (Wildman–Crippen LogP) is 6.15. The number of hydrogen-bond acceptors (Lipinski definition) is 10. The van der Waals surface area contributed by atoms with Gasteiger partial charge in [-0.25, -0.2) is 19.6 Å². The highest BCUT2D eigenvalue weighted by Gasteiger charge is 2.39. The van der Waals surface area contributed by atoms with Crippen LogP contribution >= 0.6 is 0 Å². The monoisotopic (exact) mass is 805 g/mol. The fourth-order valence-corrected chi connectivity index (χ4v) is 7.98. The van der Waals surface area contributed by atoms with Crippen molar-refractivity contribution in [2.24, 2.45) is 5.92 Å². The van der Waals surface area contributed by atoms with E-state index in [0.29, 0.717) is 24.7 Å². The number of alkyl carbamates (subject to hydrolysis) is 2. The first kappa shape index (κ1) is 40.9. The Morgan fingerprint density at radius 2 is 1.19 bits per heavy atom. The van der Waals surface area contributed by atoms with Crippen molar-refractivity contribution in [2.75, 3.05) is 34.4 Å². The van der Waals surface area contributed by atoms with E-state index >= 15 is 0 Å². The van der Waals surface area contributed by atoms with Crippen LogP contribution in [0.5, 0.6) is 0 Å². The smallest absolute Gasteiger partial charge is 0.407 e. The van der Waals surface area contributed by atoms with Gasteiger partial charge in [0.1, 0.15) is 23.7 Å². The Bertz CT molecular complexity index is 2310.